The van der Waals surface area contributed by atoms with Crippen molar-refractivity contribution in [2.45, 2.75) is 18.1 Å². The molecule has 116 valence electrons. The summed E-state index contributed by atoms with van der Waals surface area (Å²) in [6.07, 6.45) is 5.34. The molecule has 1 heterocycles. The highest BCUT2D eigenvalue weighted by Crippen LogP contribution is 2.47. The summed E-state index contributed by atoms with van der Waals surface area (Å²) in [5.41, 5.74) is -0.0113. The molecular formula is C19H17NO3. The van der Waals surface area contributed by atoms with Crippen LogP contribution in [0.1, 0.15) is 18.0 Å². The Labute approximate surface area is 135 Å². The number of terminal acetylenes is 1. The standard InChI is InChI=1S/C19H17NO3/c1-3-13-19(22)17(14-7-5-4-6-8-14)20(18(19)21)15-9-11-16(23-2)12-10-15/h1,4-12,17,22H,13H2,2H3/t17-,19+/m0/s1. The molecule has 1 saturated heterocycles. The molecule has 2 aromatic rings. The van der Waals surface area contributed by atoms with Crippen LogP contribution >= 0.6 is 0 Å². The maximum atomic E-state index is 12.6. The second-order valence-corrected chi connectivity index (χ2v) is 5.49. The summed E-state index contributed by atoms with van der Waals surface area (Å²) in [6.45, 7) is 0. The summed E-state index contributed by atoms with van der Waals surface area (Å²) in [4.78, 5) is 14.1. The van der Waals surface area contributed by atoms with Crippen molar-refractivity contribution in [3.63, 3.8) is 0 Å². The zero-order chi connectivity index (χ0) is 16.4. The summed E-state index contributed by atoms with van der Waals surface area (Å²) in [5.74, 6) is 2.74. The summed E-state index contributed by atoms with van der Waals surface area (Å²) in [5, 5.41) is 10.8. The second-order valence-electron chi connectivity index (χ2n) is 5.49. The molecule has 1 amide bonds. The van der Waals surface area contributed by atoms with Gasteiger partial charge in [-0.2, -0.15) is 0 Å². The molecule has 0 aliphatic carbocycles. The van der Waals surface area contributed by atoms with Crippen LogP contribution in [0.4, 0.5) is 5.69 Å². The molecule has 1 N–H and O–H groups in total. The van der Waals surface area contributed by atoms with Crippen molar-refractivity contribution in [1.29, 1.82) is 0 Å². The highest BCUT2D eigenvalue weighted by molar-refractivity contribution is 6.08. The molecule has 23 heavy (non-hydrogen) atoms. The Morgan fingerprint density at radius 2 is 1.87 bits per heavy atom. The summed E-state index contributed by atoms with van der Waals surface area (Å²) in [7, 11) is 1.59. The Bertz CT molecular complexity index is 748. The predicted molar refractivity (Wildman–Crippen MR) is 88.1 cm³/mol. The van der Waals surface area contributed by atoms with Gasteiger partial charge in [-0.25, -0.2) is 0 Å². The number of amides is 1. The number of rotatable bonds is 4. The van der Waals surface area contributed by atoms with Crippen LogP contribution in [0.2, 0.25) is 0 Å². The van der Waals surface area contributed by atoms with Crippen LogP contribution < -0.4 is 9.64 Å². The highest BCUT2D eigenvalue weighted by Gasteiger charge is 2.60. The maximum absolute atomic E-state index is 12.6. The molecule has 4 nitrogen and oxygen atoms in total. The van der Waals surface area contributed by atoms with E-state index in [9.17, 15) is 9.90 Å². The number of hydrogen-bond donors (Lipinski definition) is 1. The van der Waals surface area contributed by atoms with Crippen molar-refractivity contribution in [3.05, 3.63) is 60.2 Å². The van der Waals surface area contributed by atoms with Gasteiger partial charge in [0.15, 0.2) is 5.60 Å². The van der Waals surface area contributed by atoms with E-state index in [4.69, 9.17) is 11.2 Å². The zero-order valence-corrected chi connectivity index (χ0v) is 12.8. The van der Waals surface area contributed by atoms with Crippen molar-refractivity contribution in [1.82, 2.24) is 0 Å². The molecule has 2 aromatic carbocycles. The van der Waals surface area contributed by atoms with E-state index >= 15 is 0 Å². The van der Waals surface area contributed by atoms with Crippen molar-refractivity contribution in [2.75, 3.05) is 12.0 Å². The number of anilines is 1. The van der Waals surface area contributed by atoms with Gasteiger partial charge in [-0.3, -0.25) is 9.69 Å². The Balaban J connectivity index is 2.01. The van der Waals surface area contributed by atoms with Crippen LogP contribution in [0.5, 0.6) is 5.75 Å². The third-order valence-electron chi connectivity index (χ3n) is 4.14. The molecule has 0 radical (unpaired) electrons. The Kier molecular flexibility index (Phi) is 3.81. The largest absolute Gasteiger partial charge is 0.497 e. The average Bonchev–Trinajstić information content (AvgIpc) is 2.60. The number of hydrogen-bond acceptors (Lipinski definition) is 3. The SMILES string of the molecule is C#CC[C@]1(O)C(=O)N(c2ccc(OC)cc2)[C@H]1c1ccccc1. The molecule has 0 saturated carbocycles. The highest BCUT2D eigenvalue weighted by atomic mass is 16.5. The van der Waals surface area contributed by atoms with Crippen LogP contribution in [-0.4, -0.2) is 23.7 Å². The quantitative estimate of drug-likeness (QED) is 0.697. The first kappa shape index (κ1) is 15.1. The number of carbonyl (C=O) groups is 1. The first-order valence-electron chi connectivity index (χ1n) is 7.30. The first-order valence-corrected chi connectivity index (χ1v) is 7.30. The van der Waals surface area contributed by atoms with Crippen LogP contribution in [0.15, 0.2) is 54.6 Å². The number of benzene rings is 2. The van der Waals surface area contributed by atoms with E-state index in [0.29, 0.717) is 11.4 Å². The van der Waals surface area contributed by atoms with Gasteiger partial charge in [0.25, 0.3) is 5.91 Å². The normalized spacial score (nSPS) is 23.1. The molecule has 0 bridgehead atoms. The van der Waals surface area contributed by atoms with E-state index in [2.05, 4.69) is 5.92 Å². The van der Waals surface area contributed by atoms with Gasteiger partial charge in [-0.05, 0) is 29.8 Å². The van der Waals surface area contributed by atoms with E-state index in [0.717, 1.165) is 5.56 Å². The number of nitrogens with zero attached hydrogens (tertiary/aromatic N) is 1. The van der Waals surface area contributed by atoms with Gasteiger partial charge in [0.2, 0.25) is 0 Å². The summed E-state index contributed by atoms with van der Waals surface area (Å²) in [6, 6.07) is 16.1. The predicted octanol–water partition coefficient (Wildman–Crippen LogP) is 2.54. The van der Waals surface area contributed by atoms with Crippen molar-refractivity contribution in [3.8, 4) is 18.1 Å². The lowest BCUT2D eigenvalue weighted by Gasteiger charge is -2.52. The van der Waals surface area contributed by atoms with Gasteiger partial charge in [0.1, 0.15) is 11.8 Å². The molecule has 1 fully saturated rings. The first-order chi connectivity index (χ1) is 11.1. The summed E-state index contributed by atoms with van der Waals surface area (Å²) < 4.78 is 5.14. The Hall–Kier alpha value is -2.77. The average molecular weight is 307 g/mol. The summed E-state index contributed by atoms with van der Waals surface area (Å²) >= 11 is 0. The van der Waals surface area contributed by atoms with E-state index in [1.54, 1.807) is 36.3 Å². The lowest BCUT2D eigenvalue weighted by molar-refractivity contribution is -0.153. The van der Waals surface area contributed by atoms with Gasteiger partial charge in [-0.1, -0.05) is 30.3 Å². The fourth-order valence-corrected chi connectivity index (χ4v) is 2.99. The number of ether oxygens (including phenoxy) is 1. The van der Waals surface area contributed by atoms with Crippen LogP contribution in [-0.2, 0) is 4.79 Å². The molecule has 1 aliphatic heterocycles. The molecule has 0 aromatic heterocycles. The van der Waals surface area contributed by atoms with Gasteiger partial charge in [0.05, 0.1) is 7.11 Å². The monoisotopic (exact) mass is 307 g/mol. The lowest BCUT2D eigenvalue weighted by atomic mass is 9.75. The third kappa shape index (κ3) is 2.36. The molecule has 0 unspecified atom stereocenters. The fourth-order valence-electron chi connectivity index (χ4n) is 2.99. The van der Waals surface area contributed by atoms with Gasteiger partial charge >= 0.3 is 0 Å². The van der Waals surface area contributed by atoms with Gasteiger partial charge in [-0.15, -0.1) is 12.3 Å². The molecular weight excluding hydrogens is 290 g/mol. The second kappa shape index (κ2) is 5.79. The number of carbonyl (C=O) groups excluding carboxylic acids is 1. The van der Waals surface area contributed by atoms with Crippen molar-refractivity contribution < 1.29 is 14.6 Å². The topological polar surface area (TPSA) is 49.8 Å². The van der Waals surface area contributed by atoms with Crippen LogP contribution in [0, 0.1) is 12.3 Å². The maximum Gasteiger partial charge on any atom is 0.263 e. The minimum Gasteiger partial charge on any atom is -0.497 e. The van der Waals surface area contributed by atoms with E-state index in [1.165, 1.54) is 0 Å². The Morgan fingerprint density at radius 3 is 2.43 bits per heavy atom. The molecule has 3 rings (SSSR count). The molecule has 4 heteroatoms. The molecule has 1 aliphatic rings. The number of aliphatic hydroxyl groups is 1. The smallest absolute Gasteiger partial charge is 0.263 e. The third-order valence-corrected chi connectivity index (χ3v) is 4.14. The van der Waals surface area contributed by atoms with Gasteiger partial charge < -0.3 is 9.84 Å². The lowest BCUT2D eigenvalue weighted by Crippen LogP contribution is -2.68. The van der Waals surface area contributed by atoms with Gasteiger partial charge in [0, 0.05) is 12.1 Å². The fraction of sp³-hybridized carbons (Fsp3) is 0.211. The van der Waals surface area contributed by atoms with E-state index in [1.807, 2.05) is 30.3 Å². The van der Waals surface area contributed by atoms with Crippen molar-refractivity contribution >= 4 is 11.6 Å². The molecule has 0 spiro atoms. The van der Waals surface area contributed by atoms with Crippen LogP contribution in [0.3, 0.4) is 0 Å². The number of methoxy groups -OCH3 is 1. The Morgan fingerprint density at radius 1 is 1.22 bits per heavy atom. The van der Waals surface area contributed by atoms with Crippen molar-refractivity contribution in [2.24, 2.45) is 0 Å². The molecule has 2 atom stereocenters. The number of β-lactam (4-membered cyclic amide) rings is 1. The van der Waals surface area contributed by atoms with Crippen LogP contribution in [0.25, 0.3) is 0 Å². The van der Waals surface area contributed by atoms with E-state index in [-0.39, 0.29) is 12.3 Å². The van der Waals surface area contributed by atoms with E-state index < -0.39 is 11.6 Å². The minimum absolute atomic E-state index is 0.0158. The zero-order valence-electron chi connectivity index (χ0n) is 12.8. The minimum atomic E-state index is -1.56.